The Morgan fingerprint density at radius 2 is 2.11 bits per heavy atom. The molecule has 18 heavy (non-hydrogen) atoms. The molecule has 2 rings (SSSR count). The van der Waals surface area contributed by atoms with Crippen LogP contribution in [0.2, 0.25) is 0 Å². The first-order chi connectivity index (χ1) is 8.72. The minimum atomic E-state index is 0.316. The molecule has 0 fully saturated rings. The summed E-state index contributed by atoms with van der Waals surface area (Å²) in [6.45, 7) is 0.316. The molecule has 7 nitrogen and oxygen atoms in total. The monoisotopic (exact) mass is 246 g/mol. The molecule has 0 saturated heterocycles. The minimum Gasteiger partial charge on any atom is -0.481 e. The molecule has 0 aliphatic heterocycles. The van der Waals surface area contributed by atoms with Gasteiger partial charge in [-0.2, -0.15) is 4.98 Å². The second kappa shape index (κ2) is 5.28. The van der Waals surface area contributed by atoms with Gasteiger partial charge in [0.05, 0.1) is 19.0 Å². The minimum absolute atomic E-state index is 0.316. The summed E-state index contributed by atoms with van der Waals surface area (Å²) in [6, 6.07) is 3.54. The first-order valence-corrected chi connectivity index (χ1v) is 5.31. The van der Waals surface area contributed by atoms with Gasteiger partial charge < -0.3 is 21.5 Å². The number of methoxy groups -OCH3 is 1. The van der Waals surface area contributed by atoms with E-state index in [0.29, 0.717) is 29.8 Å². The van der Waals surface area contributed by atoms with Crippen molar-refractivity contribution in [2.24, 2.45) is 5.73 Å². The number of nitrogens with two attached hydrogens (primary N) is 2. The molecule has 94 valence electrons. The van der Waals surface area contributed by atoms with Gasteiger partial charge in [-0.3, -0.25) is 0 Å². The molecular formula is C11H14N6O. The van der Waals surface area contributed by atoms with Gasteiger partial charge in [-0.25, -0.2) is 9.97 Å². The van der Waals surface area contributed by atoms with E-state index in [1.165, 1.54) is 0 Å². The highest BCUT2D eigenvalue weighted by atomic mass is 16.5. The summed E-state index contributed by atoms with van der Waals surface area (Å²) in [5.74, 6) is 1.31. The summed E-state index contributed by atoms with van der Waals surface area (Å²) in [7, 11) is 1.56. The fourth-order valence-electron chi connectivity index (χ4n) is 1.34. The van der Waals surface area contributed by atoms with E-state index in [9.17, 15) is 0 Å². The third-order valence-electron chi connectivity index (χ3n) is 2.32. The van der Waals surface area contributed by atoms with E-state index in [1.54, 1.807) is 25.6 Å². The summed E-state index contributed by atoms with van der Waals surface area (Å²) in [5, 5.41) is 2.99. The molecule has 0 aliphatic carbocycles. The molecule has 0 spiro atoms. The molecule has 5 N–H and O–H groups in total. The highest BCUT2D eigenvalue weighted by Gasteiger charge is 2.03. The Balaban J connectivity index is 2.15. The second-order valence-corrected chi connectivity index (χ2v) is 3.52. The predicted molar refractivity (Wildman–Crippen MR) is 68.4 cm³/mol. The molecule has 2 aromatic rings. The predicted octanol–water partition coefficient (Wildman–Crippen LogP) is 0.665. The zero-order valence-electron chi connectivity index (χ0n) is 9.92. The number of hydrogen-bond donors (Lipinski definition) is 3. The van der Waals surface area contributed by atoms with E-state index in [1.807, 2.05) is 6.07 Å². The first-order valence-electron chi connectivity index (χ1n) is 5.31. The van der Waals surface area contributed by atoms with Gasteiger partial charge in [-0.05, 0) is 6.07 Å². The summed E-state index contributed by atoms with van der Waals surface area (Å²) in [4.78, 5) is 12.3. The van der Waals surface area contributed by atoms with Crippen LogP contribution < -0.4 is 21.5 Å². The van der Waals surface area contributed by atoms with Crippen LogP contribution in [0.3, 0.4) is 0 Å². The summed E-state index contributed by atoms with van der Waals surface area (Å²) in [6.07, 6.45) is 3.22. The molecule has 0 saturated carbocycles. The number of nitrogens with zero attached hydrogens (tertiary/aromatic N) is 3. The number of pyridine rings is 1. The number of hydrogen-bond acceptors (Lipinski definition) is 7. The van der Waals surface area contributed by atoms with Crippen LogP contribution in [0.15, 0.2) is 24.5 Å². The van der Waals surface area contributed by atoms with Crippen molar-refractivity contribution in [3.63, 3.8) is 0 Å². The Bertz CT molecular complexity index is 528. The Morgan fingerprint density at radius 1 is 1.28 bits per heavy atom. The Labute approximate surface area is 104 Å². The van der Waals surface area contributed by atoms with Crippen LogP contribution in [-0.2, 0) is 6.54 Å². The van der Waals surface area contributed by atoms with Crippen LogP contribution in [0.4, 0.5) is 17.5 Å². The van der Waals surface area contributed by atoms with E-state index >= 15 is 0 Å². The van der Waals surface area contributed by atoms with E-state index in [2.05, 4.69) is 20.3 Å². The standard InChI is InChI=1S/C11H14N6O/c1-18-9-3-2-8(6-14-9)16-11-15-5-7(4-12)10(13)17-11/h2-3,5-6H,4,12H2,1H3,(H3,13,15,16,17). The maximum atomic E-state index is 5.72. The number of anilines is 3. The normalized spacial score (nSPS) is 10.1. The van der Waals surface area contributed by atoms with Crippen molar-refractivity contribution in [2.45, 2.75) is 6.54 Å². The molecule has 0 radical (unpaired) electrons. The molecule has 2 heterocycles. The van der Waals surface area contributed by atoms with Gasteiger partial charge >= 0.3 is 0 Å². The van der Waals surface area contributed by atoms with Crippen LogP contribution in [0.1, 0.15) is 5.56 Å². The number of ether oxygens (including phenoxy) is 1. The maximum Gasteiger partial charge on any atom is 0.229 e. The molecule has 2 aromatic heterocycles. The van der Waals surface area contributed by atoms with Crippen LogP contribution in [0.5, 0.6) is 5.88 Å². The number of nitrogens with one attached hydrogen (secondary N) is 1. The van der Waals surface area contributed by atoms with Crippen molar-refractivity contribution in [1.29, 1.82) is 0 Å². The van der Waals surface area contributed by atoms with Gasteiger partial charge in [0.25, 0.3) is 0 Å². The lowest BCUT2D eigenvalue weighted by Crippen LogP contribution is -2.07. The zero-order chi connectivity index (χ0) is 13.0. The lowest BCUT2D eigenvalue weighted by molar-refractivity contribution is 0.398. The second-order valence-electron chi connectivity index (χ2n) is 3.52. The molecule has 0 bridgehead atoms. The highest BCUT2D eigenvalue weighted by molar-refractivity contribution is 5.54. The molecule has 0 amide bonds. The Hall–Kier alpha value is -2.41. The average molecular weight is 246 g/mol. The molecule has 7 heteroatoms. The lowest BCUT2D eigenvalue weighted by Gasteiger charge is -2.07. The fraction of sp³-hybridized carbons (Fsp3) is 0.182. The maximum absolute atomic E-state index is 5.72. The van der Waals surface area contributed by atoms with Crippen LogP contribution in [0.25, 0.3) is 0 Å². The van der Waals surface area contributed by atoms with E-state index in [0.717, 1.165) is 5.69 Å². The number of aromatic nitrogens is 3. The van der Waals surface area contributed by atoms with Crippen LogP contribution in [-0.4, -0.2) is 22.1 Å². The van der Waals surface area contributed by atoms with Gasteiger partial charge in [-0.1, -0.05) is 0 Å². The first kappa shape index (κ1) is 12.1. The fourth-order valence-corrected chi connectivity index (χ4v) is 1.34. The van der Waals surface area contributed by atoms with Crippen molar-refractivity contribution >= 4 is 17.5 Å². The summed E-state index contributed by atoms with van der Waals surface area (Å²) >= 11 is 0. The third kappa shape index (κ3) is 2.64. The van der Waals surface area contributed by atoms with Crippen molar-refractivity contribution in [2.75, 3.05) is 18.2 Å². The molecule has 0 aromatic carbocycles. The number of rotatable bonds is 4. The van der Waals surface area contributed by atoms with E-state index in [4.69, 9.17) is 16.2 Å². The molecular weight excluding hydrogens is 232 g/mol. The van der Waals surface area contributed by atoms with Crippen molar-refractivity contribution in [1.82, 2.24) is 15.0 Å². The quantitative estimate of drug-likeness (QED) is 0.726. The van der Waals surface area contributed by atoms with Gasteiger partial charge in [0, 0.05) is 24.4 Å². The molecule has 0 unspecified atom stereocenters. The largest absolute Gasteiger partial charge is 0.481 e. The third-order valence-corrected chi connectivity index (χ3v) is 2.32. The van der Waals surface area contributed by atoms with Crippen molar-refractivity contribution < 1.29 is 4.74 Å². The van der Waals surface area contributed by atoms with Gasteiger partial charge in [0.1, 0.15) is 5.82 Å². The summed E-state index contributed by atoms with van der Waals surface area (Å²) < 4.78 is 4.96. The van der Waals surface area contributed by atoms with E-state index < -0.39 is 0 Å². The SMILES string of the molecule is COc1ccc(Nc2ncc(CN)c(N)n2)cn1. The highest BCUT2D eigenvalue weighted by Crippen LogP contribution is 2.16. The van der Waals surface area contributed by atoms with Crippen molar-refractivity contribution in [3.8, 4) is 5.88 Å². The molecule has 0 aliphatic rings. The van der Waals surface area contributed by atoms with Gasteiger partial charge in [0.2, 0.25) is 11.8 Å². The van der Waals surface area contributed by atoms with E-state index in [-0.39, 0.29) is 0 Å². The molecule has 0 atom stereocenters. The lowest BCUT2D eigenvalue weighted by atomic mass is 10.3. The van der Waals surface area contributed by atoms with Crippen LogP contribution in [0, 0.1) is 0 Å². The topological polar surface area (TPSA) is 112 Å². The smallest absolute Gasteiger partial charge is 0.229 e. The summed E-state index contributed by atoms with van der Waals surface area (Å²) in [5.41, 5.74) is 12.7. The average Bonchev–Trinajstić information content (AvgIpc) is 2.40. The van der Waals surface area contributed by atoms with Crippen LogP contribution >= 0.6 is 0 Å². The zero-order valence-corrected chi connectivity index (χ0v) is 9.92. The van der Waals surface area contributed by atoms with Gasteiger partial charge in [-0.15, -0.1) is 0 Å². The van der Waals surface area contributed by atoms with Gasteiger partial charge in [0.15, 0.2) is 0 Å². The Kier molecular flexibility index (Phi) is 3.54. The number of nitrogen functional groups attached to an aromatic ring is 1. The Morgan fingerprint density at radius 3 is 2.67 bits per heavy atom. The van der Waals surface area contributed by atoms with Crippen molar-refractivity contribution in [3.05, 3.63) is 30.1 Å².